The fraction of sp³-hybridized carbons (Fsp3) is 0.286. The van der Waals surface area contributed by atoms with Gasteiger partial charge < -0.3 is 9.30 Å². The topological polar surface area (TPSA) is 73.2 Å². The van der Waals surface area contributed by atoms with Gasteiger partial charge in [0.05, 0.1) is 13.4 Å². The quantitative estimate of drug-likeness (QED) is 0.693. The molecule has 0 saturated carbocycles. The van der Waals surface area contributed by atoms with Crippen LogP contribution in [0.1, 0.15) is 29.5 Å². The highest BCUT2D eigenvalue weighted by Crippen LogP contribution is 2.32. The third-order valence-corrected chi connectivity index (χ3v) is 6.55. The molecule has 28 heavy (non-hydrogen) atoms. The molecule has 2 aromatic carbocycles. The van der Waals surface area contributed by atoms with Crippen LogP contribution in [0, 0.1) is 0 Å². The molecule has 0 unspecified atom stereocenters. The summed E-state index contributed by atoms with van der Waals surface area (Å²) in [6, 6.07) is 11.3. The number of benzene rings is 2. The molecule has 1 aliphatic rings. The van der Waals surface area contributed by atoms with Gasteiger partial charge in [0.25, 0.3) is 0 Å². The van der Waals surface area contributed by atoms with Crippen molar-refractivity contribution in [3.8, 4) is 11.4 Å². The number of nitrogens with zero attached hydrogens (tertiary/aromatic N) is 2. The number of hydrogen-bond donors (Lipinski definition) is 1. The standard InChI is InChI=1S/C21H23N3O3S/c1-27-20-12-17-4-2-3-5-18(17)13-21(20)28(25,26)23-14-16-6-8-19(9-7-16)24-11-10-22-15-24/h6-13,15,23H,2-5,14H2,1H3. The average Bonchev–Trinajstić information content (AvgIpc) is 3.26. The molecule has 1 N–H and O–H groups in total. The first-order valence-corrected chi connectivity index (χ1v) is 10.8. The largest absolute Gasteiger partial charge is 0.495 e. The number of fused-ring (bicyclic) bond motifs is 1. The minimum atomic E-state index is -3.68. The van der Waals surface area contributed by atoms with Gasteiger partial charge in [0.1, 0.15) is 10.6 Å². The minimum Gasteiger partial charge on any atom is -0.495 e. The van der Waals surface area contributed by atoms with E-state index in [-0.39, 0.29) is 11.4 Å². The lowest BCUT2D eigenvalue weighted by Crippen LogP contribution is -2.24. The van der Waals surface area contributed by atoms with E-state index < -0.39 is 10.0 Å². The molecule has 1 aromatic heterocycles. The normalized spacial score (nSPS) is 13.9. The van der Waals surface area contributed by atoms with Crippen molar-refractivity contribution in [2.45, 2.75) is 37.1 Å². The molecule has 3 aromatic rings. The van der Waals surface area contributed by atoms with E-state index in [1.54, 1.807) is 18.6 Å². The van der Waals surface area contributed by atoms with Crippen molar-refractivity contribution in [2.75, 3.05) is 7.11 Å². The fourth-order valence-electron chi connectivity index (χ4n) is 3.56. The smallest absolute Gasteiger partial charge is 0.244 e. The molecule has 4 rings (SSSR count). The van der Waals surface area contributed by atoms with E-state index in [1.807, 2.05) is 41.1 Å². The van der Waals surface area contributed by atoms with Gasteiger partial charge in [-0.1, -0.05) is 12.1 Å². The van der Waals surface area contributed by atoms with E-state index in [9.17, 15) is 8.42 Å². The number of nitrogens with one attached hydrogen (secondary N) is 1. The first-order valence-electron chi connectivity index (χ1n) is 9.33. The second kappa shape index (κ2) is 7.77. The highest BCUT2D eigenvalue weighted by molar-refractivity contribution is 7.89. The zero-order valence-corrected chi connectivity index (χ0v) is 16.6. The molecule has 7 heteroatoms. The number of sulfonamides is 1. The Morgan fingerprint density at radius 1 is 1.11 bits per heavy atom. The number of hydrogen-bond acceptors (Lipinski definition) is 4. The Kier molecular flexibility index (Phi) is 5.19. The molecule has 0 atom stereocenters. The second-order valence-electron chi connectivity index (χ2n) is 6.94. The molecule has 6 nitrogen and oxygen atoms in total. The summed E-state index contributed by atoms with van der Waals surface area (Å²) in [4.78, 5) is 4.24. The van der Waals surface area contributed by atoms with Gasteiger partial charge in [-0.3, -0.25) is 0 Å². The first-order chi connectivity index (χ1) is 13.6. The summed E-state index contributed by atoms with van der Waals surface area (Å²) < 4.78 is 35.8. The second-order valence-corrected chi connectivity index (χ2v) is 8.68. The van der Waals surface area contributed by atoms with Crippen LogP contribution in [0.3, 0.4) is 0 Å². The van der Waals surface area contributed by atoms with Gasteiger partial charge in [-0.25, -0.2) is 18.1 Å². The van der Waals surface area contributed by atoms with Crippen LogP contribution >= 0.6 is 0 Å². The summed E-state index contributed by atoms with van der Waals surface area (Å²) in [6.07, 6.45) is 9.42. The number of aryl methyl sites for hydroxylation is 2. The van der Waals surface area contributed by atoms with Gasteiger partial charge in [0.15, 0.2) is 0 Å². The van der Waals surface area contributed by atoms with Crippen LogP contribution in [0.4, 0.5) is 0 Å². The summed E-state index contributed by atoms with van der Waals surface area (Å²) >= 11 is 0. The van der Waals surface area contributed by atoms with Gasteiger partial charge in [0.2, 0.25) is 10.0 Å². The van der Waals surface area contributed by atoms with E-state index in [4.69, 9.17) is 4.74 Å². The zero-order chi connectivity index (χ0) is 19.6. The number of imidazole rings is 1. The molecule has 0 bridgehead atoms. The highest BCUT2D eigenvalue weighted by Gasteiger charge is 2.23. The fourth-order valence-corrected chi connectivity index (χ4v) is 4.78. The van der Waals surface area contributed by atoms with Gasteiger partial charge in [0, 0.05) is 24.6 Å². The summed E-state index contributed by atoms with van der Waals surface area (Å²) in [5.74, 6) is 0.406. The van der Waals surface area contributed by atoms with E-state index in [2.05, 4.69) is 9.71 Å². The molecular formula is C21H23N3O3S. The molecular weight excluding hydrogens is 374 g/mol. The Bertz CT molecular complexity index is 1060. The van der Waals surface area contributed by atoms with Gasteiger partial charge >= 0.3 is 0 Å². The third kappa shape index (κ3) is 3.81. The third-order valence-electron chi connectivity index (χ3n) is 5.12. The van der Waals surface area contributed by atoms with Crippen LogP contribution in [0.2, 0.25) is 0 Å². The van der Waals surface area contributed by atoms with E-state index in [0.717, 1.165) is 42.5 Å². The van der Waals surface area contributed by atoms with Crippen molar-refractivity contribution < 1.29 is 13.2 Å². The summed E-state index contributed by atoms with van der Waals surface area (Å²) in [7, 11) is -2.17. The summed E-state index contributed by atoms with van der Waals surface area (Å²) in [5.41, 5.74) is 4.15. The molecule has 0 radical (unpaired) electrons. The minimum absolute atomic E-state index is 0.214. The number of aromatic nitrogens is 2. The van der Waals surface area contributed by atoms with Gasteiger partial charge in [-0.15, -0.1) is 0 Å². The van der Waals surface area contributed by atoms with Crippen LogP contribution in [-0.4, -0.2) is 25.1 Å². The maximum atomic E-state index is 12.9. The molecule has 146 valence electrons. The molecule has 0 spiro atoms. The molecule has 0 amide bonds. The SMILES string of the molecule is COc1cc2c(cc1S(=O)(=O)NCc1ccc(-n3ccnc3)cc1)CCCC2. The van der Waals surface area contributed by atoms with Crippen molar-refractivity contribution in [3.63, 3.8) is 0 Å². The molecule has 0 fully saturated rings. The van der Waals surface area contributed by atoms with E-state index >= 15 is 0 Å². The van der Waals surface area contributed by atoms with Crippen LogP contribution < -0.4 is 9.46 Å². The highest BCUT2D eigenvalue weighted by atomic mass is 32.2. The van der Waals surface area contributed by atoms with Crippen molar-refractivity contribution >= 4 is 10.0 Å². The Balaban J connectivity index is 1.53. The van der Waals surface area contributed by atoms with Crippen LogP contribution in [0.15, 0.2) is 60.0 Å². The molecule has 0 saturated heterocycles. The summed E-state index contributed by atoms with van der Waals surface area (Å²) in [5, 5.41) is 0. The monoisotopic (exact) mass is 397 g/mol. The lowest BCUT2D eigenvalue weighted by Gasteiger charge is -2.19. The number of ether oxygens (including phenoxy) is 1. The Hall–Kier alpha value is -2.64. The molecule has 0 aliphatic heterocycles. The van der Waals surface area contributed by atoms with Crippen molar-refractivity contribution in [2.24, 2.45) is 0 Å². The van der Waals surface area contributed by atoms with Crippen LogP contribution in [-0.2, 0) is 29.4 Å². The van der Waals surface area contributed by atoms with Gasteiger partial charge in [-0.05, 0) is 66.6 Å². The lowest BCUT2D eigenvalue weighted by atomic mass is 9.92. The zero-order valence-electron chi connectivity index (χ0n) is 15.8. The summed E-state index contributed by atoms with van der Waals surface area (Å²) in [6.45, 7) is 0.215. The predicted molar refractivity (Wildman–Crippen MR) is 107 cm³/mol. The van der Waals surface area contributed by atoms with E-state index in [1.165, 1.54) is 12.7 Å². The lowest BCUT2D eigenvalue weighted by molar-refractivity contribution is 0.401. The Morgan fingerprint density at radius 3 is 2.46 bits per heavy atom. The molecule has 1 aliphatic carbocycles. The number of rotatable bonds is 6. The number of methoxy groups -OCH3 is 1. The van der Waals surface area contributed by atoms with Crippen molar-refractivity contribution in [3.05, 3.63) is 71.8 Å². The van der Waals surface area contributed by atoms with Gasteiger partial charge in [-0.2, -0.15) is 0 Å². The Morgan fingerprint density at radius 2 is 1.82 bits per heavy atom. The average molecular weight is 398 g/mol. The molecule has 1 heterocycles. The van der Waals surface area contributed by atoms with Crippen molar-refractivity contribution in [1.82, 2.24) is 14.3 Å². The Labute approximate surface area is 165 Å². The predicted octanol–water partition coefficient (Wildman–Crippen LogP) is 3.24. The van der Waals surface area contributed by atoms with Crippen LogP contribution in [0.25, 0.3) is 5.69 Å². The van der Waals surface area contributed by atoms with Crippen molar-refractivity contribution in [1.29, 1.82) is 0 Å². The maximum absolute atomic E-state index is 12.9. The van der Waals surface area contributed by atoms with Crippen LogP contribution in [0.5, 0.6) is 5.75 Å². The van der Waals surface area contributed by atoms with E-state index in [0.29, 0.717) is 5.75 Å². The first kappa shape index (κ1) is 18.7. The maximum Gasteiger partial charge on any atom is 0.244 e.